The smallest absolute Gasteiger partial charge is 0.410 e. The minimum atomic E-state index is -4.49. The number of aromatic nitrogens is 1. The lowest BCUT2D eigenvalue weighted by atomic mass is 10.2. The van der Waals surface area contributed by atoms with Crippen molar-refractivity contribution in [3.8, 4) is 11.8 Å². The molecule has 0 aliphatic rings. The molecule has 0 saturated carbocycles. The zero-order valence-corrected chi connectivity index (χ0v) is 9.75. The standard InChI is InChI=1S/C10H5BrF3NO2/c11-8-5-15-9(17-8)16-7-4-2-1-3-6(7)10(12,13)14/h1-5H. The van der Waals surface area contributed by atoms with Crippen LogP contribution in [0.15, 0.2) is 39.5 Å². The van der Waals surface area contributed by atoms with Gasteiger partial charge in [0, 0.05) is 0 Å². The van der Waals surface area contributed by atoms with Crippen molar-refractivity contribution in [1.82, 2.24) is 4.98 Å². The van der Waals surface area contributed by atoms with Gasteiger partial charge in [-0.3, -0.25) is 0 Å². The van der Waals surface area contributed by atoms with Crippen molar-refractivity contribution >= 4 is 15.9 Å². The van der Waals surface area contributed by atoms with Gasteiger partial charge in [0.1, 0.15) is 5.75 Å². The zero-order chi connectivity index (χ0) is 12.5. The van der Waals surface area contributed by atoms with Crippen molar-refractivity contribution in [3.05, 3.63) is 40.7 Å². The summed E-state index contributed by atoms with van der Waals surface area (Å²) < 4.78 is 47.9. The van der Waals surface area contributed by atoms with E-state index in [9.17, 15) is 13.2 Å². The van der Waals surface area contributed by atoms with Crippen LogP contribution in [0, 0.1) is 0 Å². The van der Waals surface area contributed by atoms with Gasteiger partial charge in [-0.1, -0.05) is 12.1 Å². The van der Waals surface area contributed by atoms with Gasteiger partial charge in [0.05, 0.1) is 11.8 Å². The van der Waals surface area contributed by atoms with Crippen molar-refractivity contribution in [1.29, 1.82) is 0 Å². The first-order valence-electron chi connectivity index (χ1n) is 4.42. The highest BCUT2D eigenvalue weighted by molar-refractivity contribution is 9.10. The Kier molecular flexibility index (Phi) is 3.10. The van der Waals surface area contributed by atoms with Gasteiger partial charge in [-0.2, -0.15) is 18.2 Å². The van der Waals surface area contributed by atoms with Gasteiger partial charge in [-0.15, -0.1) is 0 Å². The number of hydrogen-bond acceptors (Lipinski definition) is 3. The van der Waals surface area contributed by atoms with Crippen LogP contribution in [-0.4, -0.2) is 4.98 Å². The Labute approximate surface area is 102 Å². The molecule has 1 aromatic carbocycles. The van der Waals surface area contributed by atoms with Crippen LogP contribution in [0.5, 0.6) is 11.8 Å². The van der Waals surface area contributed by atoms with Gasteiger partial charge >= 0.3 is 12.3 Å². The van der Waals surface area contributed by atoms with Gasteiger partial charge in [-0.05, 0) is 28.1 Å². The molecule has 0 radical (unpaired) electrons. The van der Waals surface area contributed by atoms with Crippen molar-refractivity contribution in [2.24, 2.45) is 0 Å². The van der Waals surface area contributed by atoms with Crippen LogP contribution < -0.4 is 4.74 Å². The second-order valence-corrected chi connectivity index (χ2v) is 3.81. The largest absolute Gasteiger partial charge is 0.419 e. The molecule has 2 aromatic rings. The molecule has 0 aliphatic carbocycles. The number of alkyl halides is 3. The first-order valence-corrected chi connectivity index (χ1v) is 5.21. The topological polar surface area (TPSA) is 35.3 Å². The first-order chi connectivity index (χ1) is 7.97. The number of benzene rings is 1. The summed E-state index contributed by atoms with van der Waals surface area (Å²) in [6, 6.07) is 4.83. The quantitative estimate of drug-likeness (QED) is 0.832. The summed E-state index contributed by atoms with van der Waals surface area (Å²) >= 11 is 2.97. The second kappa shape index (κ2) is 4.40. The molecule has 3 nitrogen and oxygen atoms in total. The molecule has 90 valence electrons. The van der Waals surface area contributed by atoms with E-state index in [0.29, 0.717) is 0 Å². The van der Waals surface area contributed by atoms with Crippen LogP contribution in [-0.2, 0) is 6.18 Å². The van der Waals surface area contributed by atoms with Gasteiger partial charge in [0.2, 0.25) is 0 Å². The summed E-state index contributed by atoms with van der Waals surface area (Å²) in [5.41, 5.74) is -0.880. The Morgan fingerprint density at radius 2 is 1.94 bits per heavy atom. The molecule has 2 rings (SSSR count). The fourth-order valence-corrected chi connectivity index (χ4v) is 1.41. The van der Waals surface area contributed by atoms with E-state index < -0.39 is 11.7 Å². The maximum atomic E-state index is 12.6. The van der Waals surface area contributed by atoms with E-state index in [-0.39, 0.29) is 16.5 Å². The lowest BCUT2D eigenvalue weighted by Crippen LogP contribution is -2.06. The molecule has 0 fully saturated rings. The number of ether oxygens (including phenoxy) is 1. The first kappa shape index (κ1) is 12.0. The fraction of sp³-hybridized carbons (Fsp3) is 0.100. The molecule has 7 heteroatoms. The van der Waals surface area contributed by atoms with Crippen LogP contribution in [0.25, 0.3) is 0 Å². The third-order valence-electron chi connectivity index (χ3n) is 1.85. The Bertz CT molecular complexity index is 524. The third kappa shape index (κ3) is 2.79. The second-order valence-electron chi connectivity index (χ2n) is 3.03. The van der Waals surface area contributed by atoms with Crippen LogP contribution in [0.4, 0.5) is 13.2 Å². The number of oxazole rings is 1. The predicted molar refractivity (Wildman–Crippen MR) is 55.7 cm³/mol. The average Bonchev–Trinajstić information content (AvgIpc) is 2.63. The lowest BCUT2D eigenvalue weighted by Gasteiger charge is -2.10. The molecule has 0 N–H and O–H groups in total. The summed E-state index contributed by atoms with van der Waals surface area (Å²) in [6.07, 6.45) is -3.46. The molecule has 0 spiro atoms. The molecule has 0 atom stereocenters. The van der Waals surface area contributed by atoms with Gasteiger partial charge in [0.25, 0.3) is 0 Å². The van der Waals surface area contributed by atoms with Crippen molar-refractivity contribution in [2.45, 2.75) is 6.18 Å². The molecule has 0 unspecified atom stereocenters. The Morgan fingerprint density at radius 3 is 2.53 bits per heavy atom. The van der Waals surface area contributed by atoms with E-state index in [2.05, 4.69) is 20.9 Å². The van der Waals surface area contributed by atoms with E-state index in [0.717, 1.165) is 6.07 Å². The summed E-state index contributed by atoms with van der Waals surface area (Å²) in [5, 5.41) is 0. The molecule has 1 heterocycles. The molecule has 0 saturated heterocycles. The summed E-state index contributed by atoms with van der Waals surface area (Å²) in [4.78, 5) is 3.63. The third-order valence-corrected chi connectivity index (χ3v) is 2.21. The maximum absolute atomic E-state index is 12.6. The van der Waals surface area contributed by atoms with Crippen molar-refractivity contribution in [2.75, 3.05) is 0 Å². The van der Waals surface area contributed by atoms with Crippen molar-refractivity contribution < 1.29 is 22.3 Å². The highest BCUT2D eigenvalue weighted by Crippen LogP contribution is 2.37. The van der Waals surface area contributed by atoms with Gasteiger partial charge in [0.15, 0.2) is 4.67 Å². The fourth-order valence-electron chi connectivity index (χ4n) is 1.17. The van der Waals surface area contributed by atoms with Crippen LogP contribution in [0.3, 0.4) is 0 Å². The molecule has 0 aliphatic heterocycles. The number of halogens is 4. The number of hydrogen-bond donors (Lipinski definition) is 0. The number of rotatable bonds is 2. The van der Waals surface area contributed by atoms with E-state index in [1.165, 1.54) is 24.4 Å². The number of nitrogens with zero attached hydrogens (tertiary/aromatic N) is 1. The van der Waals surface area contributed by atoms with E-state index in [1.54, 1.807) is 0 Å². The Hall–Kier alpha value is -1.50. The van der Waals surface area contributed by atoms with E-state index in [1.807, 2.05) is 0 Å². The lowest BCUT2D eigenvalue weighted by molar-refractivity contribution is -0.138. The Morgan fingerprint density at radius 1 is 1.24 bits per heavy atom. The van der Waals surface area contributed by atoms with Gasteiger partial charge in [-0.25, -0.2) is 0 Å². The zero-order valence-electron chi connectivity index (χ0n) is 8.16. The SMILES string of the molecule is FC(F)(F)c1ccccc1Oc1ncc(Br)o1. The van der Waals surface area contributed by atoms with Crippen LogP contribution in [0.1, 0.15) is 5.56 Å². The Balaban J connectivity index is 2.33. The van der Waals surface area contributed by atoms with Crippen LogP contribution in [0.2, 0.25) is 0 Å². The minimum absolute atomic E-state index is 0.256. The summed E-state index contributed by atoms with van der Waals surface area (Å²) in [7, 11) is 0. The molecule has 17 heavy (non-hydrogen) atoms. The predicted octanol–water partition coefficient (Wildman–Crippen LogP) is 4.25. The normalized spacial score (nSPS) is 11.5. The van der Waals surface area contributed by atoms with Crippen molar-refractivity contribution in [3.63, 3.8) is 0 Å². The monoisotopic (exact) mass is 307 g/mol. The summed E-state index contributed by atoms with van der Waals surface area (Å²) in [5.74, 6) is -0.352. The summed E-state index contributed by atoms with van der Waals surface area (Å²) in [6.45, 7) is 0. The average molecular weight is 308 g/mol. The highest BCUT2D eigenvalue weighted by atomic mass is 79.9. The van der Waals surface area contributed by atoms with Crippen LogP contribution >= 0.6 is 15.9 Å². The van der Waals surface area contributed by atoms with Gasteiger partial charge < -0.3 is 9.15 Å². The molecule has 0 amide bonds. The number of para-hydroxylation sites is 1. The molecule has 1 aromatic heterocycles. The van der Waals surface area contributed by atoms with E-state index in [4.69, 9.17) is 9.15 Å². The highest BCUT2D eigenvalue weighted by Gasteiger charge is 2.34. The minimum Gasteiger partial charge on any atom is -0.410 e. The molecule has 0 bridgehead atoms. The van der Waals surface area contributed by atoms with E-state index >= 15 is 0 Å². The molecular weight excluding hydrogens is 303 g/mol. The molecular formula is C10H5BrF3NO2. The maximum Gasteiger partial charge on any atom is 0.419 e.